The number of carbonyl (C=O) groups excluding carboxylic acids is 1. The van der Waals surface area contributed by atoms with Gasteiger partial charge in [0.05, 0.1) is 6.61 Å². The van der Waals surface area contributed by atoms with E-state index < -0.39 is 0 Å². The largest absolute Gasteiger partial charge is 0.463 e. The summed E-state index contributed by atoms with van der Waals surface area (Å²) in [6.07, 6.45) is 5.38. The minimum atomic E-state index is -0.186. The van der Waals surface area contributed by atoms with Crippen molar-refractivity contribution in [1.82, 2.24) is 0 Å². The predicted molar refractivity (Wildman–Crippen MR) is 51.0 cm³/mol. The Kier molecular flexibility index (Phi) is 3.53. The lowest BCUT2D eigenvalue weighted by atomic mass is 10.1. The van der Waals surface area contributed by atoms with E-state index in [2.05, 4.69) is 15.9 Å². The number of hydrogen-bond donors (Lipinski definition) is 0. The second kappa shape index (κ2) is 4.45. The maximum Gasteiger partial charge on any atom is 0.333 e. The molecule has 0 amide bonds. The Balaban J connectivity index is 2.59. The first-order valence-corrected chi connectivity index (χ1v) is 4.75. The molecule has 1 aliphatic rings. The van der Waals surface area contributed by atoms with E-state index in [1.807, 2.05) is 19.1 Å². The van der Waals surface area contributed by atoms with Gasteiger partial charge in [0.15, 0.2) is 0 Å². The highest BCUT2D eigenvalue weighted by atomic mass is 79.9. The van der Waals surface area contributed by atoms with E-state index in [-0.39, 0.29) is 5.97 Å². The molecule has 1 rings (SSSR count). The van der Waals surface area contributed by atoms with Crippen LogP contribution >= 0.6 is 15.9 Å². The third kappa shape index (κ3) is 2.48. The Bertz CT molecular complexity index is 241. The van der Waals surface area contributed by atoms with E-state index in [4.69, 9.17) is 4.74 Å². The molecule has 12 heavy (non-hydrogen) atoms. The van der Waals surface area contributed by atoms with E-state index in [9.17, 15) is 4.79 Å². The first-order valence-electron chi connectivity index (χ1n) is 3.96. The molecule has 2 nitrogen and oxygen atoms in total. The van der Waals surface area contributed by atoms with Gasteiger partial charge in [-0.2, -0.15) is 0 Å². The number of ether oxygens (including phenoxy) is 1. The van der Waals surface area contributed by atoms with Gasteiger partial charge in [-0.25, -0.2) is 4.79 Å². The SMILES string of the molecule is CCOC(=O)C1=CC=C(Br)CC1. The number of allylic oxidation sites excluding steroid dienone is 3. The van der Waals surface area contributed by atoms with E-state index in [0.717, 1.165) is 22.9 Å². The van der Waals surface area contributed by atoms with Crippen LogP contribution in [0.5, 0.6) is 0 Å². The first kappa shape index (κ1) is 9.52. The predicted octanol–water partition coefficient (Wildman–Crippen LogP) is 2.55. The molecule has 0 fully saturated rings. The fourth-order valence-corrected chi connectivity index (χ4v) is 1.34. The molecule has 0 aliphatic heterocycles. The van der Waals surface area contributed by atoms with Gasteiger partial charge in [0, 0.05) is 5.57 Å². The van der Waals surface area contributed by atoms with Gasteiger partial charge in [0.1, 0.15) is 0 Å². The minimum Gasteiger partial charge on any atom is -0.463 e. The maximum absolute atomic E-state index is 11.2. The summed E-state index contributed by atoms with van der Waals surface area (Å²) in [6, 6.07) is 0. The van der Waals surface area contributed by atoms with Crippen LogP contribution in [0.4, 0.5) is 0 Å². The lowest BCUT2D eigenvalue weighted by molar-refractivity contribution is -0.138. The molecule has 0 saturated heterocycles. The molecule has 0 radical (unpaired) electrons. The molecule has 0 heterocycles. The van der Waals surface area contributed by atoms with Crippen molar-refractivity contribution in [2.75, 3.05) is 6.61 Å². The van der Waals surface area contributed by atoms with Crippen LogP contribution in [0, 0.1) is 0 Å². The molecule has 66 valence electrons. The molecule has 0 aromatic rings. The number of rotatable bonds is 2. The van der Waals surface area contributed by atoms with Crippen molar-refractivity contribution in [3.8, 4) is 0 Å². The molecule has 3 heteroatoms. The lowest BCUT2D eigenvalue weighted by Gasteiger charge is -2.09. The zero-order chi connectivity index (χ0) is 8.97. The molecule has 0 N–H and O–H groups in total. The Morgan fingerprint density at radius 2 is 2.33 bits per heavy atom. The van der Waals surface area contributed by atoms with Crippen LogP contribution in [0.3, 0.4) is 0 Å². The van der Waals surface area contributed by atoms with Crippen LogP contribution in [0.2, 0.25) is 0 Å². The standard InChI is InChI=1S/C9H11BrO2/c1-2-12-9(11)7-3-5-8(10)6-4-7/h3,5H,2,4,6H2,1H3. The van der Waals surface area contributed by atoms with Crippen molar-refractivity contribution in [3.05, 3.63) is 22.2 Å². The normalized spacial score (nSPS) is 16.5. The highest BCUT2D eigenvalue weighted by molar-refractivity contribution is 9.11. The zero-order valence-corrected chi connectivity index (χ0v) is 8.56. The van der Waals surface area contributed by atoms with Crippen molar-refractivity contribution < 1.29 is 9.53 Å². The average molecular weight is 231 g/mol. The van der Waals surface area contributed by atoms with Crippen molar-refractivity contribution in [2.24, 2.45) is 0 Å². The topological polar surface area (TPSA) is 26.3 Å². The van der Waals surface area contributed by atoms with Crippen molar-refractivity contribution in [3.63, 3.8) is 0 Å². The van der Waals surface area contributed by atoms with Gasteiger partial charge >= 0.3 is 5.97 Å². The van der Waals surface area contributed by atoms with Crippen LogP contribution in [0.1, 0.15) is 19.8 Å². The summed E-state index contributed by atoms with van der Waals surface area (Å²) in [4.78, 5) is 11.2. The molecule has 0 bridgehead atoms. The van der Waals surface area contributed by atoms with Crippen LogP contribution in [-0.2, 0) is 9.53 Å². The fourth-order valence-electron chi connectivity index (χ4n) is 1.01. The van der Waals surface area contributed by atoms with Gasteiger partial charge in [-0.15, -0.1) is 0 Å². The molecule has 0 unspecified atom stereocenters. The summed E-state index contributed by atoms with van der Waals surface area (Å²) in [6.45, 7) is 2.26. The number of carbonyl (C=O) groups is 1. The molecule has 0 aromatic heterocycles. The second-order valence-electron chi connectivity index (χ2n) is 2.53. The van der Waals surface area contributed by atoms with Crippen LogP contribution < -0.4 is 0 Å². The first-order chi connectivity index (χ1) is 5.74. The van der Waals surface area contributed by atoms with Gasteiger partial charge in [0.2, 0.25) is 0 Å². The summed E-state index contributed by atoms with van der Waals surface area (Å²) < 4.78 is 6.00. The van der Waals surface area contributed by atoms with E-state index in [1.165, 1.54) is 0 Å². The minimum absolute atomic E-state index is 0.186. The fraction of sp³-hybridized carbons (Fsp3) is 0.444. The maximum atomic E-state index is 11.2. The van der Waals surface area contributed by atoms with Gasteiger partial charge < -0.3 is 4.74 Å². The quantitative estimate of drug-likeness (QED) is 0.682. The summed E-state index contributed by atoms with van der Waals surface area (Å²) in [5.74, 6) is -0.186. The summed E-state index contributed by atoms with van der Waals surface area (Å²) in [5.41, 5.74) is 0.764. The molecular weight excluding hydrogens is 220 g/mol. The van der Waals surface area contributed by atoms with Gasteiger partial charge in [-0.05, 0) is 24.2 Å². The smallest absolute Gasteiger partial charge is 0.333 e. The number of halogens is 1. The summed E-state index contributed by atoms with van der Waals surface area (Å²) >= 11 is 3.37. The van der Waals surface area contributed by atoms with Gasteiger partial charge in [-0.1, -0.05) is 28.1 Å². The van der Waals surface area contributed by atoms with Gasteiger partial charge in [0.25, 0.3) is 0 Å². The molecule has 0 spiro atoms. The molecule has 0 aromatic carbocycles. The highest BCUT2D eigenvalue weighted by Gasteiger charge is 2.12. The Morgan fingerprint density at radius 3 is 2.83 bits per heavy atom. The van der Waals surface area contributed by atoms with Crippen molar-refractivity contribution in [1.29, 1.82) is 0 Å². The van der Waals surface area contributed by atoms with Crippen LogP contribution in [0.15, 0.2) is 22.2 Å². The second-order valence-corrected chi connectivity index (χ2v) is 3.54. The number of esters is 1. The van der Waals surface area contributed by atoms with Crippen LogP contribution in [-0.4, -0.2) is 12.6 Å². The Hall–Kier alpha value is -0.570. The molecule has 0 atom stereocenters. The highest BCUT2D eigenvalue weighted by Crippen LogP contribution is 2.22. The van der Waals surface area contributed by atoms with E-state index in [0.29, 0.717) is 6.61 Å². The Labute approximate surface area is 80.4 Å². The summed E-state index contributed by atoms with van der Waals surface area (Å²) in [5, 5.41) is 0. The van der Waals surface area contributed by atoms with Gasteiger partial charge in [-0.3, -0.25) is 0 Å². The molecular formula is C9H11BrO2. The van der Waals surface area contributed by atoms with Crippen molar-refractivity contribution >= 4 is 21.9 Å². The monoisotopic (exact) mass is 230 g/mol. The van der Waals surface area contributed by atoms with E-state index >= 15 is 0 Å². The zero-order valence-electron chi connectivity index (χ0n) is 6.97. The lowest BCUT2D eigenvalue weighted by Crippen LogP contribution is -2.08. The number of hydrogen-bond acceptors (Lipinski definition) is 2. The molecule has 0 saturated carbocycles. The van der Waals surface area contributed by atoms with E-state index in [1.54, 1.807) is 0 Å². The summed E-state index contributed by atoms with van der Waals surface area (Å²) in [7, 11) is 0. The van der Waals surface area contributed by atoms with Crippen LogP contribution in [0.25, 0.3) is 0 Å². The average Bonchev–Trinajstić information content (AvgIpc) is 2.06. The third-order valence-corrected chi connectivity index (χ3v) is 2.30. The Morgan fingerprint density at radius 1 is 1.58 bits per heavy atom. The van der Waals surface area contributed by atoms with Crippen molar-refractivity contribution in [2.45, 2.75) is 19.8 Å². The third-order valence-electron chi connectivity index (χ3n) is 1.64. The molecule has 1 aliphatic carbocycles.